The van der Waals surface area contributed by atoms with E-state index in [1.54, 1.807) is 6.07 Å². The van der Waals surface area contributed by atoms with Crippen LogP contribution in [-0.2, 0) is 22.2 Å². The van der Waals surface area contributed by atoms with E-state index in [9.17, 15) is 5.11 Å². The van der Waals surface area contributed by atoms with Crippen molar-refractivity contribution in [1.29, 1.82) is 0 Å². The van der Waals surface area contributed by atoms with Crippen molar-refractivity contribution in [2.75, 3.05) is 0 Å². The molecule has 1 N–H and O–H groups in total. The number of phenols is 1. The Bertz CT molecular complexity index is 1580. The highest BCUT2D eigenvalue weighted by atomic mass is 16.7. The van der Waals surface area contributed by atoms with Crippen LogP contribution in [0.2, 0.25) is 0 Å². The van der Waals surface area contributed by atoms with Gasteiger partial charge in [0.05, 0.1) is 11.5 Å². The van der Waals surface area contributed by atoms with E-state index in [1.807, 2.05) is 48.5 Å². The van der Waals surface area contributed by atoms with Gasteiger partial charge in [-0.25, -0.2) is 0 Å². The molecule has 4 aliphatic rings. The summed E-state index contributed by atoms with van der Waals surface area (Å²) in [6.07, 6.45) is 0.769. The first kappa shape index (κ1) is 20.3. The summed E-state index contributed by atoms with van der Waals surface area (Å²) >= 11 is 0. The molecule has 8 rings (SSSR count). The lowest BCUT2D eigenvalue weighted by Gasteiger charge is -2.57. The van der Waals surface area contributed by atoms with Gasteiger partial charge in [-0.3, -0.25) is 0 Å². The van der Waals surface area contributed by atoms with Gasteiger partial charge in [0.15, 0.2) is 0 Å². The summed E-state index contributed by atoms with van der Waals surface area (Å²) in [6.45, 7) is 4.72. The zero-order valence-electron chi connectivity index (χ0n) is 20.2. The maximum Gasteiger partial charge on any atom is 0.289 e. The maximum atomic E-state index is 11.2. The molecule has 1 saturated carbocycles. The van der Waals surface area contributed by atoms with Gasteiger partial charge in [0.25, 0.3) is 5.79 Å². The van der Waals surface area contributed by atoms with E-state index in [2.05, 4.69) is 56.3 Å². The third kappa shape index (κ3) is 2.02. The van der Waals surface area contributed by atoms with Crippen molar-refractivity contribution in [3.05, 3.63) is 119 Å². The SMILES string of the molecule is C[C@]12C[C@@]3(Oc4ccccc41)c1ccccc1O[C@]1(c4ccccc4O)Oc4ccccc4[C@@]2(C)[C@@H]13. The molecule has 3 heterocycles. The molecule has 36 heavy (non-hydrogen) atoms. The molecule has 4 aromatic carbocycles. The van der Waals surface area contributed by atoms with E-state index in [1.165, 1.54) is 5.56 Å². The minimum atomic E-state index is -1.29. The van der Waals surface area contributed by atoms with Crippen LogP contribution in [0.4, 0.5) is 0 Å². The van der Waals surface area contributed by atoms with Crippen molar-refractivity contribution in [2.45, 2.75) is 42.5 Å². The first-order valence-electron chi connectivity index (χ1n) is 12.6. The molecule has 1 aliphatic carbocycles. The maximum absolute atomic E-state index is 11.2. The predicted octanol–water partition coefficient (Wildman–Crippen LogP) is 6.55. The largest absolute Gasteiger partial charge is 0.507 e. The molecule has 2 bridgehead atoms. The molecule has 178 valence electrons. The van der Waals surface area contributed by atoms with Gasteiger partial charge in [-0.15, -0.1) is 0 Å². The first-order chi connectivity index (χ1) is 17.4. The molecule has 4 heteroatoms. The van der Waals surface area contributed by atoms with E-state index in [-0.39, 0.29) is 17.1 Å². The highest BCUT2D eigenvalue weighted by molar-refractivity contribution is 5.63. The second-order valence-electron chi connectivity index (χ2n) is 11.0. The number of phenolic OH excluding ortho intramolecular Hbond substituents is 1. The Hall–Kier alpha value is -3.92. The Balaban J connectivity index is 1.58. The highest BCUT2D eigenvalue weighted by Gasteiger charge is 2.82. The van der Waals surface area contributed by atoms with Crippen molar-refractivity contribution < 1.29 is 19.3 Å². The van der Waals surface area contributed by atoms with Crippen LogP contribution in [0.3, 0.4) is 0 Å². The number of hydrogen-bond donors (Lipinski definition) is 1. The molecule has 1 spiro atoms. The summed E-state index contributed by atoms with van der Waals surface area (Å²) in [5.41, 5.74) is 2.55. The van der Waals surface area contributed by atoms with Crippen LogP contribution in [0.5, 0.6) is 23.0 Å². The third-order valence-corrected chi connectivity index (χ3v) is 9.55. The van der Waals surface area contributed by atoms with Gasteiger partial charge < -0.3 is 19.3 Å². The Kier molecular flexibility index (Phi) is 3.52. The molecule has 0 radical (unpaired) electrons. The molecule has 4 aromatic rings. The number of para-hydroxylation sites is 4. The van der Waals surface area contributed by atoms with Crippen LogP contribution in [0, 0.1) is 5.92 Å². The van der Waals surface area contributed by atoms with Gasteiger partial charge in [0.2, 0.25) is 0 Å². The van der Waals surface area contributed by atoms with Crippen molar-refractivity contribution in [3.63, 3.8) is 0 Å². The molecule has 0 amide bonds. The van der Waals surface area contributed by atoms with E-state index in [4.69, 9.17) is 14.2 Å². The Morgan fingerprint density at radius 3 is 1.78 bits per heavy atom. The molecule has 3 aliphatic heterocycles. The van der Waals surface area contributed by atoms with Crippen LogP contribution in [0.25, 0.3) is 0 Å². The normalized spacial score (nSPS) is 34.1. The molecular weight excluding hydrogens is 448 g/mol. The van der Waals surface area contributed by atoms with Crippen LogP contribution in [0.15, 0.2) is 97.1 Å². The highest BCUT2D eigenvalue weighted by Crippen LogP contribution is 2.78. The van der Waals surface area contributed by atoms with Crippen LogP contribution < -0.4 is 14.2 Å². The first-order valence-corrected chi connectivity index (χ1v) is 12.6. The lowest BCUT2D eigenvalue weighted by Crippen LogP contribution is -2.65. The van der Waals surface area contributed by atoms with Crippen molar-refractivity contribution in [2.24, 2.45) is 5.92 Å². The minimum absolute atomic E-state index is 0.151. The van der Waals surface area contributed by atoms with Crippen LogP contribution in [-0.4, -0.2) is 5.11 Å². The fraction of sp³-hybridized carbons (Fsp3) is 0.250. The summed E-state index contributed by atoms with van der Waals surface area (Å²) in [7, 11) is 0. The fourth-order valence-corrected chi connectivity index (χ4v) is 8.11. The van der Waals surface area contributed by atoms with E-state index >= 15 is 0 Å². The quantitative estimate of drug-likeness (QED) is 0.340. The van der Waals surface area contributed by atoms with Gasteiger partial charge >= 0.3 is 0 Å². The molecule has 1 fully saturated rings. The number of ether oxygens (including phenoxy) is 3. The number of fused-ring (bicyclic) bond motifs is 7. The standard InChI is InChI=1S/C32H26O4/c1-29-19-31(34-25-16-8-4-12-21(25)29)23-14-6-10-18-27(23)36-32(20-11-3-7-15-24(20)33)28(31)30(29,2)22-13-5-9-17-26(22)35-32/h3-18,28,33H,19H2,1-2H3/t28-,29+,30+,31-,32+/m1/s1. The predicted molar refractivity (Wildman–Crippen MR) is 135 cm³/mol. The lowest BCUT2D eigenvalue weighted by atomic mass is 9.54. The fourth-order valence-electron chi connectivity index (χ4n) is 8.11. The Morgan fingerprint density at radius 2 is 1.11 bits per heavy atom. The van der Waals surface area contributed by atoms with Crippen molar-refractivity contribution in [3.8, 4) is 23.0 Å². The second kappa shape index (κ2) is 6.25. The van der Waals surface area contributed by atoms with Gasteiger partial charge in [0, 0.05) is 33.9 Å². The van der Waals surface area contributed by atoms with Crippen molar-refractivity contribution in [1.82, 2.24) is 0 Å². The summed E-state index contributed by atoms with van der Waals surface area (Å²) in [4.78, 5) is 0. The monoisotopic (exact) mass is 474 g/mol. The number of rotatable bonds is 1. The number of benzene rings is 4. The molecule has 0 unspecified atom stereocenters. The molecule has 0 saturated heterocycles. The van der Waals surface area contributed by atoms with Crippen molar-refractivity contribution >= 4 is 0 Å². The summed E-state index contributed by atoms with van der Waals surface area (Å²) in [6, 6.07) is 32.3. The van der Waals surface area contributed by atoms with E-state index < -0.39 is 16.8 Å². The average molecular weight is 475 g/mol. The molecule has 5 atom stereocenters. The van der Waals surface area contributed by atoms with Gasteiger partial charge in [-0.05, 0) is 30.3 Å². The molecular formula is C32H26O4. The Labute approximate surface area is 210 Å². The number of hydrogen-bond acceptors (Lipinski definition) is 4. The lowest BCUT2D eigenvalue weighted by molar-refractivity contribution is -0.245. The molecule has 4 nitrogen and oxygen atoms in total. The van der Waals surface area contributed by atoms with Crippen LogP contribution in [0.1, 0.15) is 42.5 Å². The summed E-state index contributed by atoms with van der Waals surface area (Å²) < 4.78 is 21.1. The minimum Gasteiger partial charge on any atom is -0.507 e. The van der Waals surface area contributed by atoms with Gasteiger partial charge in [-0.2, -0.15) is 0 Å². The zero-order chi connectivity index (χ0) is 24.3. The van der Waals surface area contributed by atoms with E-state index in [0.29, 0.717) is 5.56 Å². The molecule has 0 aromatic heterocycles. The van der Waals surface area contributed by atoms with Gasteiger partial charge in [0.1, 0.15) is 28.6 Å². The van der Waals surface area contributed by atoms with Crippen LogP contribution >= 0.6 is 0 Å². The van der Waals surface area contributed by atoms with Gasteiger partial charge in [-0.1, -0.05) is 80.6 Å². The second-order valence-corrected chi connectivity index (χ2v) is 11.0. The topological polar surface area (TPSA) is 47.9 Å². The number of aromatic hydroxyl groups is 1. The average Bonchev–Trinajstić information content (AvgIpc) is 3.07. The third-order valence-electron chi connectivity index (χ3n) is 9.55. The summed E-state index contributed by atoms with van der Waals surface area (Å²) in [5.74, 6) is 0.985. The zero-order valence-corrected chi connectivity index (χ0v) is 20.2. The van der Waals surface area contributed by atoms with E-state index in [0.717, 1.165) is 34.8 Å². The Morgan fingerprint density at radius 1 is 0.611 bits per heavy atom. The smallest absolute Gasteiger partial charge is 0.289 e. The summed E-state index contributed by atoms with van der Waals surface area (Å²) in [5, 5.41) is 11.2.